The average molecular weight is 276 g/mol. The summed E-state index contributed by atoms with van der Waals surface area (Å²) in [4.78, 5) is 16.3. The van der Waals surface area contributed by atoms with Gasteiger partial charge in [-0.25, -0.2) is 0 Å². The Balaban J connectivity index is 1.92. The number of hydrogen-bond donors (Lipinski definition) is 0. The van der Waals surface area contributed by atoms with Gasteiger partial charge in [-0.15, -0.1) is 0 Å². The highest BCUT2D eigenvalue weighted by Gasteiger charge is 2.20. The van der Waals surface area contributed by atoms with Crippen molar-refractivity contribution in [3.05, 3.63) is 35.4 Å². The SMILES string of the molecule is COCCN1CCN(Cc2ccccc2C)CCC1=O. The van der Waals surface area contributed by atoms with E-state index in [1.54, 1.807) is 7.11 Å². The molecule has 1 amide bonds. The fourth-order valence-electron chi connectivity index (χ4n) is 2.53. The topological polar surface area (TPSA) is 32.8 Å². The van der Waals surface area contributed by atoms with E-state index in [1.165, 1.54) is 11.1 Å². The van der Waals surface area contributed by atoms with Crippen LogP contribution in [0.25, 0.3) is 0 Å². The van der Waals surface area contributed by atoms with Crippen LogP contribution >= 0.6 is 0 Å². The summed E-state index contributed by atoms with van der Waals surface area (Å²) in [5, 5.41) is 0. The van der Waals surface area contributed by atoms with E-state index in [0.29, 0.717) is 19.6 Å². The second-order valence-electron chi connectivity index (χ2n) is 5.33. The Bertz CT molecular complexity index is 448. The van der Waals surface area contributed by atoms with E-state index < -0.39 is 0 Å². The number of rotatable bonds is 5. The number of carbonyl (C=O) groups is 1. The van der Waals surface area contributed by atoms with Crippen LogP contribution in [0.4, 0.5) is 0 Å². The fraction of sp³-hybridized carbons (Fsp3) is 0.562. The maximum Gasteiger partial charge on any atom is 0.223 e. The Labute approximate surface area is 121 Å². The monoisotopic (exact) mass is 276 g/mol. The molecule has 1 aliphatic rings. The minimum absolute atomic E-state index is 0.245. The molecule has 4 heteroatoms. The van der Waals surface area contributed by atoms with E-state index in [4.69, 9.17) is 4.74 Å². The minimum Gasteiger partial charge on any atom is -0.383 e. The summed E-state index contributed by atoms with van der Waals surface area (Å²) in [5.74, 6) is 0.245. The highest BCUT2D eigenvalue weighted by molar-refractivity contribution is 5.76. The summed E-state index contributed by atoms with van der Waals surface area (Å²) in [5.41, 5.74) is 2.67. The Morgan fingerprint density at radius 1 is 1.20 bits per heavy atom. The molecule has 4 nitrogen and oxygen atoms in total. The standard InChI is InChI=1S/C16H24N2O2/c1-14-5-3-4-6-15(14)13-17-8-7-16(19)18(10-9-17)11-12-20-2/h3-6H,7-13H2,1-2H3. The van der Waals surface area contributed by atoms with Crippen LogP contribution in [0.3, 0.4) is 0 Å². The summed E-state index contributed by atoms with van der Waals surface area (Å²) in [6.07, 6.45) is 0.607. The highest BCUT2D eigenvalue weighted by atomic mass is 16.5. The van der Waals surface area contributed by atoms with Gasteiger partial charge in [0.15, 0.2) is 0 Å². The van der Waals surface area contributed by atoms with E-state index >= 15 is 0 Å². The van der Waals surface area contributed by atoms with Crippen molar-refractivity contribution in [2.45, 2.75) is 19.9 Å². The van der Waals surface area contributed by atoms with E-state index in [1.807, 2.05) is 4.90 Å². The van der Waals surface area contributed by atoms with Crippen LogP contribution in [-0.2, 0) is 16.1 Å². The number of amides is 1. The number of carbonyl (C=O) groups excluding carboxylic acids is 1. The van der Waals surface area contributed by atoms with Gasteiger partial charge in [-0.1, -0.05) is 24.3 Å². The first-order valence-electron chi connectivity index (χ1n) is 7.24. The van der Waals surface area contributed by atoms with Crippen LogP contribution in [0, 0.1) is 6.92 Å². The number of benzene rings is 1. The molecule has 0 saturated carbocycles. The van der Waals surface area contributed by atoms with Gasteiger partial charge in [0, 0.05) is 46.3 Å². The first kappa shape index (κ1) is 15.0. The molecule has 0 bridgehead atoms. The predicted molar refractivity (Wildman–Crippen MR) is 79.5 cm³/mol. The van der Waals surface area contributed by atoms with Crippen LogP contribution in [-0.4, -0.2) is 55.6 Å². The van der Waals surface area contributed by atoms with Crippen LogP contribution in [0.1, 0.15) is 17.5 Å². The zero-order valence-electron chi connectivity index (χ0n) is 12.5. The van der Waals surface area contributed by atoms with E-state index in [2.05, 4.69) is 36.1 Å². The molecule has 20 heavy (non-hydrogen) atoms. The zero-order chi connectivity index (χ0) is 14.4. The van der Waals surface area contributed by atoms with Crippen molar-refractivity contribution < 1.29 is 9.53 Å². The van der Waals surface area contributed by atoms with Crippen LogP contribution in [0.2, 0.25) is 0 Å². The van der Waals surface area contributed by atoms with Gasteiger partial charge in [0.25, 0.3) is 0 Å². The summed E-state index contributed by atoms with van der Waals surface area (Å²) >= 11 is 0. The van der Waals surface area contributed by atoms with Gasteiger partial charge in [-0.2, -0.15) is 0 Å². The molecule has 1 aromatic carbocycles. The van der Waals surface area contributed by atoms with Crippen molar-refractivity contribution in [1.29, 1.82) is 0 Å². The second kappa shape index (κ2) is 7.41. The quantitative estimate of drug-likeness (QED) is 0.820. The molecule has 2 rings (SSSR count). The smallest absolute Gasteiger partial charge is 0.223 e. The Hall–Kier alpha value is -1.39. The highest BCUT2D eigenvalue weighted by Crippen LogP contribution is 2.13. The first-order valence-corrected chi connectivity index (χ1v) is 7.24. The summed E-state index contributed by atoms with van der Waals surface area (Å²) in [6, 6.07) is 8.46. The van der Waals surface area contributed by atoms with E-state index in [0.717, 1.165) is 26.2 Å². The summed E-state index contributed by atoms with van der Waals surface area (Å²) in [6.45, 7) is 6.97. The molecule has 0 aromatic heterocycles. The largest absolute Gasteiger partial charge is 0.383 e. The predicted octanol–water partition coefficient (Wildman–Crippen LogP) is 1.68. The maximum absolute atomic E-state index is 12.0. The number of nitrogens with zero attached hydrogens (tertiary/aromatic N) is 2. The molecule has 1 heterocycles. The lowest BCUT2D eigenvalue weighted by Gasteiger charge is -2.22. The van der Waals surface area contributed by atoms with Crippen molar-refractivity contribution >= 4 is 5.91 Å². The number of methoxy groups -OCH3 is 1. The van der Waals surface area contributed by atoms with Crippen molar-refractivity contribution in [3.63, 3.8) is 0 Å². The average Bonchev–Trinajstić information content (AvgIpc) is 2.62. The van der Waals surface area contributed by atoms with E-state index in [9.17, 15) is 4.79 Å². The normalized spacial score (nSPS) is 17.3. The van der Waals surface area contributed by atoms with Gasteiger partial charge in [0.1, 0.15) is 0 Å². The van der Waals surface area contributed by atoms with E-state index in [-0.39, 0.29) is 5.91 Å². The molecule has 0 radical (unpaired) electrons. The molecule has 110 valence electrons. The molecule has 0 atom stereocenters. The van der Waals surface area contributed by atoms with Crippen LogP contribution in [0.15, 0.2) is 24.3 Å². The summed E-state index contributed by atoms with van der Waals surface area (Å²) in [7, 11) is 1.67. The number of aryl methyl sites for hydroxylation is 1. The van der Waals surface area contributed by atoms with Crippen molar-refractivity contribution in [1.82, 2.24) is 9.80 Å². The summed E-state index contributed by atoms with van der Waals surface area (Å²) < 4.78 is 5.06. The zero-order valence-corrected chi connectivity index (χ0v) is 12.5. The Kier molecular flexibility index (Phi) is 5.56. The van der Waals surface area contributed by atoms with Crippen molar-refractivity contribution in [2.75, 3.05) is 39.9 Å². The number of ether oxygens (including phenoxy) is 1. The molecule has 0 spiro atoms. The molecule has 0 unspecified atom stereocenters. The third kappa shape index (κ3) is 4.05. The van der Waals surface area contributed by atoms with Gasteiger partial charge in [-0.3, -0.25) is 9.69 Å². The fourth-order valence-corrected chi connectivity index (χ4v) is 2.53. The molecule has 0 aliphatic carbocycles. The minimum atomic E-state index is 0.245. The third-order valence-corrected chi connectivity index (χ3v) is 3.90. The molecule has 1 saturated heterocycles. The van der Waals surface area contributed by atoms with Gasteiger partial charge >= 0.3 is 0 Å². The lowest BCUT2D eigenvalue weighted by atomic mass is 10.1. The molecule has 1 aromatic rings. The number of hydrogen-bond acceptors (Lipinski definition) is 3. The third-order valence-electron chi connectivity index (χ3n) is 3.90. The lowest BCUT2D eigenvalue weighted by molar-refractivity contribution is -0.130. The van der Waals surface area contributed by atoms with Gasteiger partial charge in [0.2, 0.25) is 5.91 Å². The molecule has 1 aliphatic heterocycles. The Morgan fingerprint density at radius 2 is 2.00 bits per heavy atom. The first-order chi connectivity index (χ1) is 9.70. The molecule has 1 fully saturated rings. The van der Waals surface area contributed by atoms with Gasteiger partial charge in [0.05, 0.1) is 6.61 Å². The maximum atomic E-state index is 12.0. The van der Waals surface area contributed by atoms with Crippen LogP contribution < -0.4 is 0 Å². The van der Waals surface area contributed by atoms with Gasteiger partial charge in [-0.05, 0) is 18.1 Å². The van der Waals surface area contributed by atoms with Crippen molar-refractivity contribution in [2.24, 2.45) is 0 Å². The molecular formula is C16H24N2O2. The van der Waals surface area contributed by atoms with Crippen molar-refractivity contribution in [3.8, 4) is 0 Å². The molecular weight excluding hydrogens is 252 g/mol. The molecule has 0 N–H and O–H groups in total. The van der Waals surface area contributed by atoms with Gasteiger partial charge < -0.3 is 9.64 Å². The Morgan fingerprint density at radius 3 is 2.75 bits per heavy atom. The van der Waals surface area contributed by atoms with Crippen LogP contribution in [0.5, 0.6) is 0 Å². The second-order valence-corrected chi connectivity index (χ2v) is 5.33. The lowest BCUT2D eigenvalue weighted by Crippen LogP contribution is -2.35.